The molecule has 3 N–H and O–H groups in total. The number of rotatable bonds is 1. The summed E-state index contributed by atoms with van der Waals surface area (Å²) in [5, 5.41) is 10.4. The highest BCUT2D eigenvalue weighted by molar-refractivity contribution is 6.30. The number of nitrogens with two attached hydrogens (primary N) is 1. The lowest BCUT2D eigenvalue weighted by Crippen LogP contribution is -2.44. The van der Waals surface area contributed by atoms with E-state index in [-0.39, 0.29) is 6.54 Å². The van der Waals surface area contributed by atoms with E-state index in [4.69, 9.17) is 17.3 Å². The maximum absolute atomic E-state index is 9.94. The van der Waals surface area contributed by atoms with Crippen LogP contribution in [0.1, 0.15) is 12.1 Å². The molecule has 0 fully saturated rings. The predicted molar refractivity (Wildman–Crippen MR) is 49.6 cm³/mol. The van der Waals surface area contributed by atoms with Crippen LogP contribution in [0, 0.1) is 0 Å². The largest absolute Gasteiger partial charge is 0.388 e. The molecule has 0 saturated heterocycles. The van der Waals surface area contributed by atoms with Crippen LogP contribution in [0.5, 0.6) is 0 Å². The van der Waals surface area contributed by atoms with Crippen molar-refractivity contribution >= 4 is 11.6 Å². The minimum Gasteiger partial charge on any atom is -0.388 e. The van der Waals surface area contributed by atoms with Crippen LogP contribution in [0.2, 0.25) is 5.15 Å². The Hall–Kier alpha value is -0.580. The Morgan fingerprint density at radius 3 is 3.23 bits per heavy atom. The summed E-state index contributed by atoms with van der Waals surface area (Å²) in [7, 11) is 0. The van der Waals surface area contributed by atoms with Crippen molar-refractivity contribution in [2.24, 2.45) is 5.73 Å². The van der Waals surface area contributed by atoms with Crippen molar-refractivity contribution in [2.75, 3.05) is 6.54 Å². The van der Waals surface area contributed by atoms with Crippen LogP contribution >= 0.6 is 11.6 Å². The molecule has 1 aromatic rings. The fourth-order valence-electron chi connectivity index (χ4n) is 1.65. The standard InChI is InChI=1S/C8H12ClN3O/c9-7-6-3-8(13,4-10)1-2-12(6)5-11-7/h5,13H,1-4,10H2. The van der Waals surface area contributed by atoms with Crippen LogP contribution in [0.4, 0.5) is 0 Å². The molecule has 72 valence electrons. The van der Waals surface area contributed by atoms with Crippen molar-refractivity contribution in [3.05, 3.63) is 17.2 Å². The number of hydrogen-bond donors (Lipinski definition) is 2. The molecule has 1 atom stereocenters. The average molecular weight is 202 g/mol. The van der Waals surface area contributed by atoms with Gasteiger partial charge in [-0.15, -0.1) is 0 Å². The van der Waals surface area contributed by atoms with Gasteiger partial charge in [0.15, 0.2) is 0 Å². The van der Waals surface area contributed by atoms with E-state index >= 15 is 0 Å². The van der Waals surface area contributed by atoms with E-state index in [0.717, 1.165) is 12.2 Å². The summed E-state index contributed by atoms with van der Waals surface area (Å²) < 4.78 is 1.96. The monoisotopic (exact) mass is 201 g/mol. The van der Waals surface area contributed by atoms with Crippen molar-refractivity contribution in [1.29, 1.82) is 0 Å². The number of imidazole rings is 1. The summed E-state index contributed by atoms with van der Waals surface area (Å²) >= 11 is 5.86. The molecule has 0 spiro atoms. The van der Waals surface area contributed by atoms with Crippen molar-refractivity contribution in [2.45, 2.75) is 25.0 Å². The fourth-order valence-corrected chi connectivity index (χ4v) is 1.87. The summed E-state index contributed by atoms with van der Waals surface area (Å²) in [5.74, 6) is 0. The first kappa shape index (κ1) is 8.99. The smallest absolute Gasteiger partial charge is 0.150 e. The van der Waals surface area contributed by atoms with Crippen molar-refractivity contribution in [3.8, 4) is 0 Å². The average Bonchev–Trinajstić information content (AvgIpc) is 2.48. The third-order valence-electron chi connectivity index (χ3n) is 2.59. The third-order valence-corrected chi connectivity index (χ3v) is 2.91. The van der Waals surface area contributed by atoms with Gasteiger partial charge in [0, 0.05) is 19.5 Å². The van der Waals surface area contributed by atoms with Crippen molar-refractivity contribution in [1.82, 2.24) is 9.55 Å². The molecule has 1 unspecified atom stereocenters. The molecule has 0 saturated carbocycles. The third kappa shape index (κ3) is 1.45. The normalized spacial score (nSPS) is 27.3. The molecule has 1 aromatic heterocycles. The molecular formula is C8H12ClN3O. The van der Waals surface area contributed by atoms with E-state index in [1.54, 1.807) is 6.33 Å². The second-order valence-electron chi connectivity index (χ2n) is 3.53. The van der Waals surface area contributed by atoms with E-state index in [1.165, 1.54) is 0 Å². The van der Waals surface area contributed by atoms with Gasteiger partial charge in [0.2, 0.25) is 0 Å². The topological polar surface area (TPSA) is 64.1 Å². The molecule has 2 rings (SSSR count). The Morgan fingerprint density at radius 2 is 2.54 bits per heavy atom. The molecule has 0 aliphatic carbocycles. The molecule has 1 aliphatic rings. The summed E-state index contributed by atoms with van der Waals surface area (Å²) in [4.78, 5) is 3.97. The fraction of sp³-hybridized carbons (Fsp3) is 0.625. The molecule has 0 amide bonds. The maximum atomic E-state index is 9.94. The molecule has 13 heavy (non-hydrogen) atoms. The Labute approximate surface area is 81.3 Å². The highest BCUT2D eigenvalue weighted by Gasteiger charge is 2.32. The van der Waals surface area contributed by atoms with Crippen molar-refractivity contribution < 1.29 is 5.11 Å². The number of aryl methyl sites for hydroxylation is 1. The lowest BCUT2D eigenvalue weighted by atomic mass is 9.91. The second kappa shape index (κ2) is 2.97. The number of nitrogens with zero attached hydrogens (tertiary/aromatic N) is 2. The maximum Gasteiger partial charge on any atom is 0.150 e. The van der Waals surface area contributed by atoms with Gasteiger partial charge < -0.3 is 15.4 Å². The first-order valence-corrected chi connectivity index (χ1v) is 4.64. The Morgan fingerprint density at radius 1 is 1.77 bits per heavy atom. The lowest BCUT2D eigenvalue weighted by Gasteiger charge is -2.31. The lowest BCUT2D eigenvalue weighted by molar-refractivity contribution is 0.0243. The van der Waals surface area contributed by atoms with E-state index in [2.05, 4.69) is 4.98 Å². The molecule has 5 heteroatoms. The number of hydrogen-bond acceptors (Lipinski definition) is 3. The summed E-state index contributed by atoms with van der Waals surface area (Å²) in [6.07, 6.45) is 2.87. The quantitative estimate of drug-likeness (QED) is 0.681. The van der Waals surface area contributed by atoms with E-state index in [0.29, 0.717) is 18.0 Å². The summed E-state index contributed by atoms with van der Waals surface area (Å²) in [5.41, 5.74) is 5.59. The zero-order chi connectivity index (χ0) is 9.47. The first-order valence-electron chi connectivity index (χ1n) is 4.26. The van der Waals surface area contributed by atoms with Gasteiger partial charge in [-0.2, -0.15) is 0 Å². The highest BCUT2D eigenvalue weighted by atomic mass is 35.5. The summed E-state index contributed by atoms with van der Waals surface area (Å²) in [6, 6.07) is 0. The van der Waals surface area contributed by atoms with Gasteiger partial charge in [0.25, 0.3) is 0 Å². The van der Waals surface area contributed by atoms with Gasteiger partial charge in [-0.05, 0) is 6.42 Å². The van der Waals surface area contributed by atoms with Gasteiger partial charge in [0.05, 0.1) is 17.6 Å². The Balaban J connectivity index is 2.32. The molecule has 0 bridgehead atoms. The Bertz CT molecular complexity index is 325. The van der Waals surface area contributed by atoms with Gasteiger partial charge >= 0.3 is 0 Å². The number of halogens is 1. The minimum absolute atomic E-state index is 0.272. The van der Waals surface area contributed by atoms with Crippen LogP contribution in [0.3, 0.4) is 0 Å². The van der Waals surface area contributed by atoms with E-state index in [9.17, 15) is 5.11 Å². The van der Waals surface area contributed by atoms with Gasteiger partial charge in [-0.25, -0.2) is 4.98 Å². The number of aliphatic hydroxyl groups is 1. The minimum atomic E-state index is -0.792. The van der Waals surface area contributed by atoms with Gasteiger partial charge in [-0.3, -0.25) is 0 Å². The number of aromatic nitrogens is 2. The van der Waals surface area contributed by atoms with Gasteiger partial charge in [-0.1, -0.05) is 11.6 Å². The van der Waals surface area contributed by atoms with Crippen LogP contribution < -0.4 is 5.73 Å². The Kier molecular flexibility index (Phi) is 2.06. The summed E-state index contributed by atoms with van der Waals surface area (Å²) in [6.45, 7) is 1.01. The van der Waals surface area contributed by atoms with Crippen LogP contribution in [0.25, 0.3) is 0 Å². The predicted octanol–water partition coefficient (Wildman–Crippen LogP) is 0.172. The number of fused-ring (bicyclic) bond motifs is 1. The molecule has 0 radical (unpaired) electrons. The zero-order valence-electron chi connectivity index (χ0n) is 7.20. The SMILES string of the molecule is NCC1(O)CCn2cnc(Cl)c2C1. The molecule has 4 nitrogen and oxygen atoms in total. The molecular weight excluding hydrogens is 190 g/mol. The van der Waals surface area contributed by atoms with E-state index in [1.807, 2.05) is 4.57 Å². The van der Waals surface area contributed by atoms with Crippen LogP contribution in [0.15, 0.2) is 6.33 Å². The zero-order valence-corrected chi connectivity index (χ0v) is 7.96. The molecule has 0 aromatic carbocycles. The first-order chi connectivity index (χ1) is 6.14. The van der Waals surface area contributed by atoms with E-state index < -0.39 is 5.60 Å². The molecule has 2 heterocycles. The highest BCUT2D eigenvalue weighted by Crippen LogP contribution is 2.27. The van der Waals surface area contributed by atoms with Crippen molar-refractivity contribution in [3.63, 3.8) is 0 Å². The van der Waals surface area contributed by atoms with Crippen LogP contribution in [-0.4, -0.2) is 26.8 Å². The second-order valence-corrected chi connectivity index (χ2v) is 3.89. The van der Waals surface area contributed by atoms with Gasteiger partial charge in [0.1, 0.15) is 5.15 Å². The van der Waals surface area contributed by atoms with Crippen LogP contribution in [-0.2, 0) is 13.0 Å². The molecule has 1 aliphatic heterocycles.